The van der Waals surface area contributed by atoms with Gasteiger partial charge in [-0.05, 0) is 37.0 Å². The number of carbonyl (C=O) groups excluding carboxylic acids is 1. The molecule has 0 fully saturated rings. The quantitative estimate of drug-likeness (QED) is 0.885. The first-order chi connectivity index (χ1) is 8.79. The van der Waals surface area contributed by atoms with E-state index in [0.29, 0.717) is 12.3 Å². The average molecular weight is 262 g/mol. The minimum absolute atomic E-state index is 0.0322. The predicted octanol–water partition coefficient (Wildman–Crippen LogP) is 3.29. The molecule has 0 aliphatic carbocycles. The van der Waals surface area contributed by atoms with Crippen LogP contribution in [0.25, 0.3) is 0 Å². The summed E-state index contributed by atoms with van der Waals surface area (Å²) in [4.78, 5) is 14.1. The van der Waals surface area contributed by atoms with Gasteiger partial charge in [0.25, 0.3) is 0 Å². The van der Waals surface area contributed by atoms with Crippen LogP contribution in [0.1, 0.15) is 52.0 Å². The van der Waals surface area contributed by atoms with E-state index in [9.17, 15) is 4.79 Å². The van der Waals surface area contributed by atoms with Gasteiger partial charge in [0.1, 0.15) is 0 Å². The van der Waals surface area contributed by atoms with Gasteiger partial charge in [-0.15, -0.1) is 0 Å². The lowest BCUT2D eigenvalue weighted by Crippen LogP contribution is -2.52. The molecule has 0 aromatic heterocycles. The zero-order valence-corrected chi connectivity index (χ0v) is 12.7. The molecule has 1 unspecified atom stereocenters. The first kappa shape index (κ1) is 15.7. The van der Waals surface area contributed by atoms with E-state index in [4.69, 9.17) is 5.73 Å². The molecule has 0 heterocycles. The fourth-order valence-corrected chi connectivity index (χ4v) is 2.22. The molecule has 3 nitrogen and oxygen atoms in total. The second-order valence-electron chi connectivity index (χ2n) is 5.78. The minimum Gasteiger partial charge on any atom is -0.318 e. The largest absolute Gasteiger partial charge is 0.318 e. The van der Waals surface area contributed by atoms with E-state index >= 15 is 0 Å². The molecule has 1 aromatic carbocycles. The van der Waals surface area contributed by atoms with Crippen molar-refractivity contribution in [3.05, 3.63) is 29.8 Å². The number of benzene rings is 1. The summed E-state index contributed by atoms with van der Waals surface area (Å²) in [5.74, 6) is 0.415. The van der Waals surface area contributed by atoms with Crippen molar-refractivity contribution in [2.45, 2.75) is 52.0 Å². The molecule has 2 N–H and O–H groups in total. The zero-order valence-electron chi connectivity index (χ0n) is 12.7. The van der Waals surface area contributed by atoms with Crippen LogP contribution < -0.4 is 10.6 Å². The highest BCUT2D eigenvalue weighted by atomic mass is 16.2. The summed E-state index contributed by atoms with van der Waals surface area (Å²) in [6.45, 7) is 8.13. The third-order valence-electron chi connectivity index (χ3n) is 3.49. The second kappa shape index (κ2) is 6.20. The first-order valence-electron chi connectivity index (χ1n) is 6.96. The summed E-state index contributed by atoms with van der Waals surface area (Å²) < 4.78 is 0. The second-order valence-corrected chi connectivity index (χ2v) is 5.78. The summed E-state index contributed by atoms with van der Waals surface area (Å²) in [5.41, 5.74) is 7.46. The van der Waals surface area contributed by atoms with Gasteiger partial charge >= 0.3 is 0 Å². The molecule has 1 aromatic rings. The van der Waals surface area contributed by atoms with E-state index in [-0.39, 0.29) is 5.91 Å². The zero-order chi connectivity index (χ0) is 14.6. The third-order valence-corrected chi connectivity index (χ3v) is 3.49. The molecule has 0 aliphatic heterocycles. The Kier molecular flexibility index (Phi) is 5.12. The lowest BCUT2D eigenvalue weighted by molar-refractivity contribution is -0.123. The number of anilines is 1. The molecule has 1 amide bonds. The Labute approximate surface area is 116 Å². The summed E-state index contributed by atoms with van der Waals surface area (Å²) in [6.07, 6.45) is 1.60. The molecule has 1 rings (SSSR count). The van der Waals surface area contributed by atoms with Crippen molar-refractivity contribution >= 4 is 11.6 Å². The number of amides is 1. The third kappa shape index (κ3) is 3.80. The van der Waals surface area contributed by atoms with Gasteiger partial charge in [0.05, 0.1) is 5.54 Å². The van der Waals surface area contributed by atoms with Crippen LogP contribution in [0, 0.1) is 0 Å². The van der Waals surface area contributed by atoms with E-state index in [1.54, 1.807) is 11.9 Å². The summed E-state index contributed by atoms with van der Waals surface area (Å²) >= 11 is 0. The maximum atomic E-state index is 12.4. The molecule has 3 heteroatoms. The van der Waals surface area contributed by atoms with Crippen molar-refractivity contribution in [1.29, 1.82) is 0 Å². The Hall–Kier alpha value is -1.35. The van der Waals surface area contributed by atoms with E-state index < -0.39 is 5.54 Å². The topological polar surface area (TPSA) is 46.3 Å². The van der Waals surface area contributed by atoms with Gasteiger partial charge in [-0.25, -0.2) is 0 Å². The Morgan fingerprint density at radius 2 is 2.05 bits per heavy atom. The highest BCUT2D eigenvalue weighted by Crippen LogP contribution is 2.23. The number of carbonyl (C=O) groups is 1. The van der Waals surface area contributed by atoms with Gasteiger partial charge in [-0.2, -0.15) is 0 Å². The Morgan fingerprint density at radius 3 is 2.58 bits per heavy atom. The van der Waals surface area contributed by atoms with Crippen molar-refractivity contribution in [1.82, 2.24) is 0 Å². The molecule has 0 spiro atoms. The number of rotatable bonds is 5. The van der Waals surface area contributed by atoms with Crippen molar-refractivity contribution in [3.8, 4) is 0 Å². The normalized spacial score (nSPS) is 14.3. The highest BCUT2D eigenvalue weighted by Gasteiger charge is 2.30. The van der Waals surface area contributed by atoms with E-state index in [1.807, 2.05) is 26.0 Å². The molecule has 0 saturated carbocycles. The summed E-state index contributed by atoms with van der Waals surface area (Å²) in [5, 5.41) is 0. The van der Waals surface area contributed by atoms with Crippen LogP contribution in [0.2, 0.25) is 0 Å². The smallest absolute Gasteiger partial charge is 0.246 e. The van der Waals surface area contributed by atoms with E-state index in [0.717, 1.165) is 12.1 Å². The van der Waals surface area contributed by atoms with Gasteiger partial charge in [0.15, 0.2) is 0 Å². The highest BCUT2D eigenvalue weighted by molar-refractivity contribution is 5.99. The Morgan fingerprint density at radius 1 is 1.42 bits per heavy atom. The van der Waals surface area contributed by atoms with E-state index in [1.165, 1.54) is 5.56 Å². The monoisotopic (exact) mass is 262 g/mol. The molecule has 0 aliphatic rings. The Bertz CT molecular complexity index is 438. The van der Waals surface area contributed by atoms with Crippen LogP contribution in [0.4, 0.5) is 5.69 Å². The molecule has 1 atom stereocenters. The average Bonchev–Trinajstić information content (AvgIpc) is 2.37. The van der Waals surface area contributed by atoms with Crippen LogP contribution in [-0.4, -0.2) is 18.5 Å². The van der Waals surface area contributed by atoms with Crippen LogP contribution in [0.3, 0.4) is 0 Å². The van der Waals surface area contributed by atoms with Crippen molar-refractivity contribution in [2.24, 2.45) is 5.73 Å². The maximum Gasteiger partial charge on any atom is 0.246 e. The fraction of sp³-hybridized carbons (Fsp3) is 0.562. The minimum atomic E-state index is -0.794. The van der Waals surface area contributed by atoms with Gasteiger partial charge in [0, 0.05) is 12.7 Å². The number of likely N-dealkylation sites (N-methyl/N-ethyl adjacent to an activating group) is 1. The van der Waals surface area contributed by atoms with E-state index in [2.05, 4.69) is 26.0 Å². The summed E-state index contributed by atoms with van der Waals surface area (Å²) in [7, 11) is 1.79. The van der Waals surface area contributed by atoms with Gasteiger partial charge in [0.2, 0.25) is 5.91 Å². The molecule has 0 bridgehead atoms. The number of hydrogen-bond acceptors (Lipinski definition) is 2. The van der Waals surface area contributed by atoms with Crippen LogP contribution in [0.5, 0.6) is 0 Å². The van der Waals surface area contributed by atoms with Gasteiger partial charge in [-0.3, -0.25) is 4.79 Å². The molecule has 106 valence electrons. The number of nitrogens with zero attached hydrogens (tertiary/aromatic N) is 1. The SMILES string of the molecule is CCCC(C)(N)C(=O)N(C)c1cccc(C(C)C)c1. The number of hydrogen-bond donors (Lipinski definition) is 1. The molecule has 19 heavy (non-hydrogen) atoms. The van der Waals surface area contributed by atoms with Crippen LogP contribution >= 0.6 is 0 Å². The van der Waals surface area contributed by atoms with Crippen LogP contribution in [-0.2, 0) is 4.79 Å². The van der Waals surface area contributed by atoms with Crippen LogP contribution in [0.15, 0.2) is 24.3 Å². The fourth-order valence-electron chi connectivity index (χ4n) is 2.22. The Balaban J connectivity index is 2.97. The molecular formula is C16H26N2O. The van der Waals surface area contributed by atoms with Crippen molar-refractivity contribution in [3.63, 3.8) is 0 Å². The van der Waals surface area contributed by atoms with Crippen molar-refractivity contribution < 1.29 is 4.79 Å². The van der Waals surface area contributed by atoms with Crippen molar-refractivity contribution in [2.75, 3.05) is 11.9 Å². The standard InChI is InChI=1S/C16H26N2O/c1-6-10-16(4,17)15(19)18(5)14-9-7-8-13(11-14)12(2)3/h7-9,11-12H,6,10,17H2,1-5H3. The lowest BCUT2D eigenvalue weighted by atomic mass is 9.95. The maximum absolute atomic E-state index is 12.4. The first-order valence-corrected chi connectivity index (χ1v) is 6.96. The predicted molar refractivity (Wildman–Crippen MR) is 81.4 cm³/mol. The molecular weight excluding hydrogens is 236 g/mol. The van der Waals surface area contributed by atoms with Gasteiger partial charge < -0.3 is 10.6 Å². The van der Waals surface area contributed by atoms with Gasteiger partial charge in [-0.1, -0.05) is 39.3 Å². The number of nitrogens with two attached hydrogens (primary N) is 1. The molecule has 0 saturated heterocycles. The molecule has 0 radical (unpaired) electrons. The summed E-state index contributed by atoms with van der Waals surface area (Å²) in [6, 6.07) is 8.08. The lowest BCUT2D eigenvalue weighted by Gasteiger charge is -2.29.